The van der Waals surface area contributed by atoms with Crippen molar-refractivity contribution in [1.82, 2.24) is 15.6 Å². The number of ether oxygens (including phenoxy) is 1. The number of hydrogen-bond donors (Lipinski definition) is 6. The highest BCUT2D eigenvalue weighted by atomic mass is 16.5. The van der Waals surface area contributed by atoms with Crippen molar-refractivity contribution in [2.75, 3.05) is 13.7 Å². The molecule has 0 saturated carbocycles. The Labute approximate surface area is 157 Å². The third kappa shape index (κ3) is 5.71. The Morgan fingerprint density at radius 3 is 2.78 bits per heavy atom. The van der Waals surface area contributed by atoms with Gasteiger partial charge >= 0.3 is 5.97 Å². The van der Waals surface area contributed by atoms with E-state index in [0.29, 0.717) is 25.8 Å². The Morgan fingerprint density at radius 2 is 2.07 bits per heavy atom. The molecule has 2 unspecified atom stereocenters. The summed E-state index contributed by atoms with van der Waals surface area (Å²) in [6, 6.07) is 6.17. The van der Waals surface area contributed by atoms with Gasteiger partial charge in [0.1, 0.15) is 6.04 Å². The maximum absolute atomic E-state index is 12.5. The van der Waals surface area contributed by atoms with Crippen LogP contribution in [0.1, 0.15) is 18.4 Å². The van der Waals surface area contributed by atoms with E-state index in [1.807, 2.05) is 30.5 Å². The maximum Gasteiger partial charge on any atom is 0.328 e. The number of amides is 1. The number of nitrogens with one attached hydrogen (secondary N) is 4. The SMILES string of the molecule is COC(=O)C(CCCNC(=N)N)NC(=O)C(N)Cc1c[nH]c2ccccc12. The molecule has 0 saturated heterocycles. The molecule has 0 aliphatic heterocycles. The molecule has 0 bridgehead atoms. The molecule has 2 rings (SSSR count). The molecule has 0 aliphatic rings. The number of hydrogen-bond acceptors (Lipinski definition) is 5. The van der Waals surface area contributed by atoms with Crippen LogP contribution in [0.5, 0.6) is 0 Å². The summed E-state index contributed by atoms with van der Waals surface area (Å²) in [4.78, 5) is 27.5. The summed E-state index contributed by atoms with van der Waals surface area (Å²) in [6.07, 6.45) is 3.05. The van der Waals surface area contributed by atoms with E-state index >= 15 is 0 Å². The lowest BCUT2D eigenvalue weighted by Crippen LogP contribution is -2.49. The van der Waals surface area contributed by atoms with Gasteiger partial charge in [0.2, 0.25) is 5.91 Å². The first kappa shape index (κ1) is 20.2. The van der Waals surface area contributed by atoms with Gasteiger partial charge in [-0.3, -0.25) is 10.2 Å². The molecule has 1 heterocycles. The minimum atomic E-state index is -0.801. The van der Waals surface area contributed by atoms with Crippen LogP contribution in [0, 0.1) is 5.41 Å². The minimum Gasteiger partial charge on any atom is -0.467 e. The van der Waals surface area contributed by atoms with Crippen LogP contribution in [0.25, 0.3) is 10.9 Å². The first-order valence-electron chi connectivity index (χ1n) is 8.69. The standard InChI is InChI=1S/C18H26N6O3/c1-27-17(26)15(7-4-8-22-18(20)21)24-16(25)13(19)9-11-10-23-14-6-3-2-5-12(11)14/h2-3,5-6,10,13,15,23H,4,7-9,19H2,1H3,(H,24,25)(H4,20,21,22). The zero-order chi connectivity index (χ0) is 19.8. The van der Waals surface area contributed by atoms with Crippen LogP contribution < -0.4 is 22.1 Å². The Bertz CT molecular complexity index is 803. The molecule has 1 aromatic heterocycles. The van der Waals surface area contributed by atoms with Crippen molar-refractivity contribution in [3.63, 3.8) is 0 Å². The predicted octanol–water partition coefficient (Wildman–Crippen LogP) is -0.0412. The van der Waals surface area contributed by atoms with E-state index in [1.165, 1.54) is 7.11 Å². The fourth-order valence-corrected chi connectivity index (χ4v) is 2.83. The fraction of sp³-hybridized carbons (Fsp3) is 0.389. The highest BCUT2D eigenvalue weighted by Crippen LogP contribution is 2.18. The monoisotopic (exact) mass is 374 g/mol. The number of guanidine groups is 1. The molecule has 8 N–H and O–H groups in total. The topological polar surface area (TPSA) is 159 Å². The van der Waals surface area contributed by atoms with Crippen LogP contribution in [0.15, 0.2) is 30.5 Å². The first-order chi connectivity index (χ1) is 12.9. The van der Waals surface area contributed by atoms with Gasteiger partial charge in [0.25, 0.3) is 0 Å². The number of rotatable bonds is 9. The molecule has 146 valence electrons. The molecule has 0 spiro atoms. The molecule has 0 radical (unpaired) electrons. The van der Waals surface area contributed by atoms with Crippen molar-refractivity contribution in [3.05, 3.63) is 36.0 Å². The highest BCUT2D eigenvalue weighted by Gasteiger charge is 2.24. The molecular formula is C18H26N6O3. The van der Waals surface area contributed by atoms with Crippen LogP contribution in [0.2, 0.25) is 0 Å². The third-order valence-corrected chi connectivity index (χ3v) is 4.24. The third-order valence-electron chi connectivity index (χ3n) is 4.24. The molecule has 9 heteroatoms. The Kier molecular flexibility index (Phi) is 7.18. The normalized spacial score (nSPS) is 13.0. The number of H-pyrrole nitrogens is 1. The number of aromatic amines is 1. The van der Waals surface area contributed by atoms with E-state index in [-0.39, 0.29) is 5.96 Å². The van der Waals surface area contributed by atoms with Crippen molar-refractivity contribution in [3.8, 4) is 0 Å². The second kappa shape index (κ2) is 9.58. The average Bonchev–Trinajstić information content (AvgIpc) is 3.06. The van der Waals surface area contributed by atoms with Gasteiger partial charge in [0, 0.05) is 23.6 Å². The molecule has 0 aliphatic carbocycles. The van der Waals surface area contributed by atoms with Crippen LogP contribution in [0.4, 0.5) is 0 Å². The van der Waals surface area contributed by atoms with Crippen LogP contribution in [-0.2, 0) is 20.7 Å². The van der Waals surface area contributed by atoms with E-state index in [0.717, 1.165) is 16.5 Å². The maximum atomic E-state index is 12.5. The Balaban J connectivity index is 1.94. The van der Waals surface area contributed by atoms with Gasteiger partial charge in [0.15, 0.2) is 5.96 Å². The zero-order valence-electron chi connectivity index (χ0n) is 15.2. The van der Waals surface area contributed by atoms with Gasteiger partial charge in [-0.15, -0.1) is 0 Å². The molecule has 1 aromatic carbocycles. The summed E-state index contributed by atoms with van der Waals surface area (Å²) in [5.74, 6) is -1.10. The van der Waals surface area contributed by atoms with Crippen LogP contribution >= 0.6 is 0 Å². The lowest BCUT2D eigenvalue weighted by Gasteiger charge is -2.19. The van der Waals surface area contributed by atoms with Crippen LogP contribution in [-0.4, -0.2) is 48.6 Å². The van der Waals surface area contributed by atoms with Gasteiger partial charge in [0.05, 0.1) is 13.2 Å². The molecule has 9 nitrogen and oxygen atoms in total. The Hall–Kier alpha value is -3.07. The molecular weight excluding hydrogens is 348 g/mol. The van der Waals surface area contributed by atoms with E-state index < -0.39 is 24.0 Å². The Morgan fingerprint density at radius 1 is 1.33 bits per heavy atom. The number of esters is 1. The van der Waals surface area contributed by atoms with Crippen molar-refractivity contribution < 1.29 is 14.3 Å². The first-order valence-corrected chi connectivity index (χ1v) is 8.69. The molecule has 2 atom stereocenters. The van der Waals surface area contributed by atoms with Crippen molar-refractivity contribution in [2.45, 2.75) is 31.3 Å². The van der Waals surface area contributed by atoms with E-state index in [9.17, 15) is 9.59 Å². The lowest BCUT2D eigenvalue weighted by atomic mass is 10.0. The summed E-state index contributed by atoms with van der Waals surface area (Å²) in [6.45, 7) is 0.417. The van der Waals surface area contributed by atoms with Gasteiger partial charge in [-0.25, -0.2) is 4.79 Å². The second-order valence-electron chi connectivity index (χ2n) is 6.24. The number of carbonyl (C=O) groups is 2. The summed E-state index contributed by atoms with van der Waals surface area (Å²) >= 11 is 0. The summed E-state index contributed by atoms with van der Waals surface area (Å²) in [7, 11) is 1.27. The largest absolute Gasteiger partial charge is 0.467 e. The van der Waals surface area contributed by atoms with Crippen molar-refractivity contribution >= 4 is 28.7 Å². The summed E-state index contributed by atoms with van der Waals surface area (Å²) in [5.41, 5.74) is 13.2. The average molecular weight is 374 g/mol. The quantitative estimate of drug-likeness (QED) is 0.156. The van der Waals surface area contributed by atoms with Gasteiger partial charge in [-0.1, -0.05) is 18.2 Å². The second-order valence-corrected chi connectivity index (χ2v) is 6.24. The van der Waals surface area contributed by atoms with Crippen LogP contribution in [0.3, 0.4) is 0 Å². The predicted molar refractivity (Wildman–Crippen MR) is 103 cm³/mol. The highest BCUT2D eigenvalue weighted by molar-refractivity contribution is 5.89. The van der Waals surface area contributed by atoms with Crippen molar-refractivity contribution in [1.29, 1.82) is 5.41 Å². The molecule has 1 amide bonds. The van der Waals surface area contributed by atoms with E-state index in [2.05, 4.69) is 15.6 Å². The molecule has 2 aromatic rings. The van der Waals surface area contributed by atoms with Gasteiger partial charge in [-0.05, 0) is 30.9 Å². The molecule has 27 heavy (non-hydrogen) atoms. The smallest absolute Gasteiger partial charge is 0.328 e. The fourth-order valence-electron chi connectivity index (χ4n) is 2.83. The number of aromatic nitrogens is 1. The molecule has 0 fully saturated rings. The number of methoxy groups -OCH3 is 1. The lowest BCUT2D eigenvalue weighted by molar-refractivity contribution is -0.145. The number of benzene rings is 1. The summed E-state index contributed by atoms with van der Waals surface area (Å²) < 4.78 is 4.75. The van der Waals surface area contributed by atoms with Gasteiger partial charge in [-0.2, -0.15) is 0 Å². The minimum absolute atomic E-state index is 0.144. The summed E-state index contributed by atoms with van der Waals surface area (Å²) in [5, 5.41) is 13.4. The number of nitrogens with two attached hydrogens (primary N) is 2. The number of para-hydroxylation sites is 1. The van der Waals surface area contributed by atoms with E-state index in [4.69, 9.17) is 21.6 Å². The zero-order valence-corrected chi connectivity index (χ0v) is 15.2. The van der Waals surface area contributed by atoms with Crippen molar-refractivity contribution in [2.24, 2.45) is 11.5 Å². The number of fused-ring (bicyclic) bond motifs is 1. The van der Waals surface area contributed by atoms with E-state index in [1.54, 1.807) is 0 Å². The van der Waals surface area contributed by atoms with Gasteiger partial charge < -0.3 is 31.8 Å². The number of carbonyl (C=O) groups excluding carboxylic acids is 2.